The van der Waals surface area contributed by atoms with Crippen molar-refractivity contribution in [2.75, 3.05) is 0 Å². The molecule has 0 atom stereocenters. The van der Waals surface area contributed by atoms with Crippen LogP contribution in [-0.2, 0) is 6.42 Å². The lowest BCUT2D eigenvalue weighted by atomic mass is 9.73. The SMILES string of the molecule is Oc1ccc(/C(=C(\c2ccccc2)C2CCC2)c2ccc(Cc3ccccc3)cc2)cc1. The summed E-state index contributed by atoms with van der Waals surface area (Å²) in [4.78, 5) is 0. The van der Waals surface area contributed by atoms with E-state index in [1.54, 1.807) is 12.1 Å². The molecule has 158 valence electrons. The summed E-state index contributed by atoms with van der Waals surface area (Å²) in [5.74, 6) is 0.876. The fraction of sp³-hybridized carbons (Fsp3) is 0.161. The van der Waals surface area contributed by atoms with Gasteiger partial charge in [0.15, 0.2) is 0 Å². The number of rotatable bonds is 6. The maximum absolute atomic E-state index is 9.89. The van der Waals surface area contributed by atoms with Crippen LogP contribution >= 0.6 is 0 Å². The highest BCUT2D eigenvalue weighted by molar-refractivity contribution is 5.99. The summed E-state index contributed by atoms with van der Waals surface area (Å²) in [6.07, 6.45) is 4.70. The molecule has 0 unspecified atom stereocenters. The van der Waals surface area contributed by atoms with Crippen molar-refractivity contribution in [1.29, 1.82) is 0 Å². The van der Waals surface area contributed by atoms with E-state index < -0.39 is 0 Å². The molecule has 5 rings (SSSR count). The zero-order chi connectivity index (χ0) is 21.8. The van der Waals surface area contributed by atoms with Gasteiger partial charge in [-0.25, -0.2) is 0 Å². The molecule has 0 aromatic heterocycles. The molecule has 4 aromatic carbocycles. The monoisotopic (exact) mass is 416 g/mol. The number of allylic oxidation sites excluding steroid dienone is 1. The minimum absolute atomic E-state index is 0.302. The van der Waals surface area contributed by atoms with Crippen LogP contribution in [-0.4, -0.2) is 5.11 Å². The van der Waals surface area contributed by atoms with Crippen LogP contribution in [0.25, 0.3) is 11.1 Å². The van der Waals surface area contributed by atoms with Crippen molar-refractivity contribution in [2.24, 2.45) is 5.92 Å². The molecule has 4 aromatic rings. The number of aromatic hydroxyl groups is 1. The zero-order valence-corrected chi connectivity index (χ0v) is 18.2. The van der Waals surface area contributed by atoms with Crippen LogP contribution in [0.4, 0.5) is 0 Å². The Hall–Kier alpha value is -3.58. The second-order valence-corrected chi connectivity index (χ2v) is 8.69. The lowest BCUT2D eigenvalue weighted by Gasteiger charge is -2.31. The summed E-state index contributed by atoms with van der Waals surface area (Å²) in [6.45, 7) is 0. The Kier molecular flexibility index (Phi) is 5.89. The van der Waals surface area contributed by atoms with Gasteiger partial charge in [-0.3, -0.25) is 0 Å². The van der Waals surface area contributed by atoms with E-state index in [9.17, 15) is 5.11 Å². The highest BCUT2D eigenvalue weighted by atomic mass is 16.3. The van der Waals surface area contributed by atoms with E-state index in [2.05, 4.69) is 84.9 Å². The molecule has 0 amide bonds. The predicted octanol–water partition coefficient (Wildman–Crippen LogP) is 7.74. The summed E-state index contributed by atoms with van der Waals surface area (Å²) >= 11 is 0. The molecule has 0 heterocycles. The van der Waals surface area contributed by atoms with Gasteiger partial charge in [0.1, 0.15) is 5.75 Å². The van der Waals surface area contributed by atoms with Crippen LogP contribution < -0.4 is 0 Å². The summed E-state index contributed by atoms with van der Waals surface area (Å²) in [7, 11) is 0. The van der Waals surface area contributed by atoms with Crippen LogP contribution in [0.2, 0.25) is 0 Å². The molecule has 0 saturated heterocycles. The summed E-state index contributed by atoms with van der Waals surface area (Å²) in [5, 5.41) is 9.89. The third kappa shape index (κ3) is 4.38. The lowest BCUT2D eigenvalue weighted by Crippen LogP contribution is -2.15. The van der Waals surface area contributed by atoms with Crippen LogP contribution in [0, 0.1) is 5.92 Å². The fourth-order valence-electron chi connectivity index (χ4n) is 4.63. The molecule has 0 bridgehead atoms. The van der Waals surface area contributed by atoms with Gasteiger partial charge >= 0.3 is 0 Å². The van der Waals surface area contributed by atoms with Gasteiger partial charge in [0.25, 0.3) is 0 Å². The van der Waals surface area contributed by atoms with E-state index in [1.807, 2.05) is 12.1 Å². The van der Waals surface area contributed by atoms with E-state index in [1.165, 1.54) is 52.7 Å². The molecule has 32 heavy (non-hydrogen) atoms. The van der Waals surface area contributed by atoms with Crippen molar-refractivity contribution in [2.45, 2.75) is 25.7 Å². The van der Waals surface area contributed by atoms with Crippen molar-refractivity contribution >= 4 is 11.1 Å². The summed E-state index contributed by atoms with van der Waals surface area (Å²) < 4.78 is 0. The fourth-order valence-corrected chi connectivity index (χ4v) is 4.63. The molecule has 1 N–H and O–H groups in total. The first-order valence-electron chi connectivity index (χ1n) is 11.5. The van der Waals surface area contributed by atoms with Gasteiger partial charge in [0.05, 0.1) is 0 Å². The summed E-state index contributed by atoms with van der Waals surface area (Å²) in [5.41, 5.74) is 9.05. The molecule has 0 spiro atoms. The van der Waals surface area contributed by atoms with Crippen LogP contribution in [0.1, 0.15) is 47.1 Å². The molecule has 0 radical (unpaired) electrons. The van der Waals surface area contributed by atoms with Crippen molar-refractivity contribution in [3.63, 3.8) is 0 Å². The Morgan fingerprint density at radius 2 is 1.12 bits per heavy atom. The van der Waals surface area contributed by atoms with E-state index in [0.717, 1.165) is 12.0 Å². The molecule has 0 aliphatic heterocycles. The van der Waals surface area contributed by atoms with E-state index >= 15 is 0 Å². The highest BCUT2D eigenvalue weighted by Gasteiger charge is 2.27. The Balaban J connectivity index is 1.61. The van der Waals surface area contributed by atoms with E-state index in [4.69, 9.17) is 0 Å². The van der Waals surface area contributed by atoms with Gasteiger partial charge in [-0.2, -0.15) is 0 Å². The first kappa shape index (κ1) is 20.3. The first-order chi connectivity index (χ1) is 15.8. The number of benzene rings is 4. The maximum atomic E-state index is 9.89. The van der Waals surface area contributed by atoms with Crippen LogP contribution in [0.15, 0.2) is 109 Å². The van der Waals surface area contributed by atoms with E-state index in [0.29, 0.717) is 11.7 Å². The Morgan fingerprint density at radius 3 is 1.69 bits per heavy atom. The Morgan fingerprint density at radius 1 is 0.594 bits per heavy atom. The average molecular weight is 417 g/mol. The molecule has 1 aliphatic carbocycles. The molecule has 1 saturated carbocycles. The standard InChI is InChI=1S/C31H28O/c32-29-20-18-28(19-21-29)31(30(26-12-7-13-26)25-10-5-2-6-11-25)27-16-14-24(15-17-27)22-23-8-3-1-4-9-23/h1-6,8-11,14-21,26,32H,7,12-13,22H2/b31-30+. The Bertz CT molecular complexity index is 1180. The van der Waals surface area contributed by atoms with Crippen molar-refractivity contribution in [1.82, 2.24) is 0 Å². The van der Waals surface area contributed by atoms with Gasteiger partial charge < -0.3 is 5.11 Å². The summed E-state index contributed by atoms with van der Waals surface area (Å²) in [6, 6.07) is 38.2. The topological polar surface area (TPSA) is 20.2 Å². The normalized spacial score (nSPS) is 14.5. The first-order valence-corrected chi connectivity index (χ1v) is 11.5. The largest absolute Gasteiger partial charge is 0.508 e. The van der Waals surface area contributed by atoms with Crippen LogP contribution in [0.5, 0.6) is 5.75 Å². The number of phenols is 1. The number of hydrogen-bond donors (Lipinski definition) is 1. The van der Waals surface area contributed by atoms with Crippen molar-refractivity contribution in [3.05, 3.63) is 137 Å². The van der Waals surface area contributed by atoms with Crippen molar-refractivity contribution < 1.29 is 5.11 Å². The zero-order valence-electron chi connectivity index (χ0n) is 18.2. The molecule has 1 aliphatic rings. The van der Waals surface area contributed by atoms with Gasteiger partial charge in [-0.05, 0) is 76.3 Å². The predicted molar refractivity (Wildman–Crippen MR) is 133 cm³/mol. The van der Waals surface area contributed by atoms with Gasteiger partial charge in [-0.1, -0.05) is 103 Å². The number of hydrogen-bond acceptors (Lipinski definition) is 1. The van der Waals surface area contributed by atoms with Gasteiger partial charge in [0, 0.05) is 0 Å². The molecule has 1 heteroatoms. The third-order valence-electron chi connectivity index (χ3n) is 6.52. The quantitative estimate of drug-likeness (QED) is 0.319. The molecular weight excluding hydrogens is 388 g/mol. The Labute approximate surface area is 190 Å². The van der Waals surface area contributed by atoms with Crippen LogP contribution in [0.3, 0.4) is 0 Å². The smallest absolute Gasteiger partial charge is 0.115 e. The number of phenolic OH excluding ortho intramolecular Hbond substituents is 1. The molecule has 1 fully saturated rings. The maximum Gasteiger partial charge on any atom is 0.115 e. The second kappa shape index (κ2) is 9.28. The minimum Gasteiger partial charge on any atom is -0.508 e. The third-order valence-corrected chi connectivity index (χ3v) is 6.52. The van der Waals surface area contributed by atoms with Gasteiger partial charge in [0.2, 0.25) is 0 Å². The second-order valence-electron chi connectivity index (χ2n) is 8.69. The van der Waals surface area contributed by atoms with Crippen molar-refractivity contribution in [3.8, 4) is 5.75 Å². The highest BCUT2D eigenvalue weighted by Crippen LogP contribution is 2.45. The molecule has 1 nitrogen and oxygen atoms in total. The van der Waals surface area contributed by atoms with Gasteiger partial charge in [-0.15, -0.1) is 0 Å². The minimum atomic E-state index is 0.302. The lowest BCUT2D eigenvalue weighted by molar-refractivity contribution is 0.401. The average Bonchev–Trinajstić information content (AvgIpc) is 2.81. The molecular formula is C31H28O. The van der Waals surface area contributed by atoms with E-state index in [-0.39, 0.29) is 0 Å².